The molecule has 0 saturated carbocycles. The van der Waals surface area contributed by atoms with Crippen molar-refractivity contribution in [3.05, 3.63) is 23.4 Å². The number of hydrogen-bond acceptors (Lipinski definition) is 3. The fraction of sp³-hybridized carbons (Fsp3) is 0.111. The molecule has 0 aliphatic rings. The van der Waals surface area contributed by atoms with Crippen LogP contribution in [0.3, 0.4) is 0 Å². The second kappa shape index (κ2) is 3.75. The maximum Gasteiger partial charge on any atom is 0.170 e. The van der Waals surface area contributed by atoms with Crippen molar-refractivity contribution in [2.45, 2.75) is 4.90 Å². The van der Waals surface area contributed by atoms with Gasteiger partial charge in [0.2, 0.25) is 0 Å². The maximum atomic E-state index is 10.9. The van der Waals surface area contributed by atoms with E-state index in [1.807, 2.05) is 0 Å². The second-order valence-electron chi connectivity index (χ2n) is 2.93. The predicted octanol–water partition coefficient (Wildman–Crippen LogP) is 1.80. The van der Waals surface area contributed by atoms with E-state index in [1.54, 1.807) is 12.1 Å². The zero-order chi connectivity index (χ0) is 11.0. The molecule has 0 bridgehead atoms. The number of rotatable bonds is 2. The molecule has 0 spiro atoms. The molecule has 0 radical (unpaired) electrons. The number of halogens is 1. The van der Waals surface area contributed by atoms with Gasteiger partial charge in [-0.1, -0.05) is 11.6 Å². The van der Waals surface area contributed by atoms with Crippen LogP contribution in [0.25, 0.3) is 10.9 Å². The minimum Gasteiger partial charge on any atom is -0.493 e. The third-order valence-corrected chi connectivity index (χ3v) is 3.20. The molecule has 0 atom stereocenters. The first-order valence-electron chi connectivity index (χ1n) is 4.13. The van der Waals surface area contributed by atoms with E-state index >= 15 is 0 Å². The van der Waals surface area contributed by atoms with E-state index in [2.05, 4.69) is 4.98 Å². The average molecular weight is 246 g/mol. The van der Waals surface area contributed by atoms with Crippen LogP contribution in [0, 0.1) is 0 Å². The summed E-state index contributed by atoms with van der Waals surface area (Å²) in [6.45, 7) is 0. The number of ether oxygens (including phenoxy) is 1. The van der Waals surface area contributed by atoms with Gasteiger partial charge in [-0.2, -0.15) is 0 Å². The lowest BCUT2D eigenvalue weighted by Crippen LogP contribution is -1.85. The molecule has 6 heteroatoms. The van der Waals surface area contributed by atoms with Crippen molar-refractivity contribution in [1.29, 1.82) is 0 Å². The number of benzene rings is 1. The summed E-state index contributed by atoms with van der Waals surface area (Å²) in [5.74, 6) is 0.456. The fourth-order valence-corrected chi connectivity index (χ4v) is 2.27. The van der Waals surface area contributed by atoms with Crippen molar-refractivity contribution in [2.75, 3.05) is 7.11 Å². The smallest absolute Gasteiger partial charge is 0.170 e. The quantitative estimate of drug-likeness (QED) is 0.794. The average Bonchev–Trinajstić information content (AvgIpc) is 2.61. The molecule has 0 amide bonds. The number of fused-ring (bicyclic) bond motifs is 1. The van der Waals surface area contributed by atoms with Gasteiger partial charge in [0.1, 0.15) is 0 Å². The molecule has 0 aliphatic heterocycles. The van der Waals surface area contributed by atoms with Gasteiger partial charge in [0, 0.05) is 11.6 Å². The molecule has 0 saturated heterocycles. The summed E-state index contributed by atoms with van der Waals surface area (Å²) in [6, 6.07) is 3.26. The van der Waals surface area contributed by atoms with Gasteiger partial charge in [0.05, 0.1) is 22.5 Å². The van der Waals surface area contributed by atoms with Crippen LogP contribution in [0.4, 0.5) is 0 Å². The molecule has 0 unspecified atom stereocenters. The van der Waals surface area contributed by atoms with Crippen molar-refractivity contribution in [1.82, 2.24) is 4.98 Å². The Morgan fingerprint density at radius 2 is 2.13 bits per heavy atom. The van der Waals surface area contributed by atoms with Crippen LogP contribution in [0.15, 0.2) is 23.2 Å². The Bertz CT molecular complexity index is 580. The molecule has 80 valence electrons. The third-order valence-electron chi connectivity index (χ3n) is 2.14. The summed E-state index contributed by atoms with van der Waals surface area (Å²) in [6.07, 6.45) is 1.43. The lowest BCUT2D eigenvalue weighted by molar-refractivity contribution is 0.419. The highest BCUT2D eigenvalue weighted by Gasteiger charge is 2.12. The largest absolute Gasteiger partial charge is 0.493 e. The van der Waals surface area contributed by atoms with Crippen LogP contribution in [0.2, 0.25) is 5.02 Å². The Morgan fingerprint density at radius 1 is 1.40 bits per heavy atom. The lowest BCUT2D eigenvalue weighted by Gasteiger charge is -2.03. The van der Waals surface area contributed by atoms with Crippen molar-refractivity contribution in [3.8, 4) is 5.75 Å². The monoisotopic (exact) mass is 245 g/mol. The summed E-state index contributed by atoms with van der Waals surface area (Å²) in [4.78, 5) is 3.08. The highest BCUT2D eigenvalue weighted by atomic mass is 35.5. The molecule has 1 aromatic heterocycles. The van der Waals surface area contributed by atoms with Gasteiger partial charge in [-0.25, -0.2) is 8.42 Å². The Morgan fingerprint density at radius 3 is 2.73 bits per heavy atom. The van der Waals surface area contributed by atoms with Gasteiger partial charge in [0.25, 0.3) is 0 Å². The summed E-state index contributed by atoms with van der Waals surface area (Å²) >= 11 is 5.90. The van der Waals surface area contributed by atoms with E-state index < -0.39 is 10.7 Å². The standard InChI is InChI=1S/C9H8ClNO3S/c1-14-9-6(10)3-2-5-7(15(12)13)4-11-8(5)9/h2-4,11,15H,1H3. The van der Waals surface area contributed by atoms with E-state index in [9.17, 15) is 8.42 Å². The summed E-state index contributed by atoms with van der Waals surface area (Å²) in [7, 11) is -1.13. The lowest BCUT2D eigenvalue weighted by atomic mass is 10.2. The Kier molecular flexibility index (Phi) is 2.58. The van der Waals surface area contributed by atoms with Crippen LogP contribution >= 0.6 is 11.6 Å². The van der Waals surface area contributed by atoms with Gasteiger partial charge < -0.3 is 9.72 Å². The maximum absolute atomic E-state index is 10.9. The summed E-state index contributed by atoms with van der Waals surface area (Å²) < 4.78 is 26.9. The normalized spacial score (nSPS) is 11.1. The first-order valence-corrected chi connectivity index (χ1v) is 5.68. The Hall–Kier alpha value is -1.20. The molecule has 1 heterocycles. The minimum atomic E-state index is -2.62. The highest BCUT2D eigenvalue weighted by Crippen LogP contribution is 2.34. The van der Waals surface area contributed by atoms with Crippen LogP contribution < -0.4 is 4.74 Å². The molecule has 2 aromatic rings. The zero-order valence-electron chi connectivity index (χ0n) is 7.78. The number of hydrogen-bond donors (Lipinski definition) is 2. The van der Waals surface area contributed by atoms with Gasteiger partial charge in [-0.05, 0) is 12.1 Å². The first kappa shape index (κ1) is 10.3. The van der Waals surface area contributed by atoms with Crippen LogP contribution in [-0.2, 0) is 10.7 Å². The second-order valence-corrected chi connectivity index (χ2v) is 4.34. The van der Waals surface area contributed by atoms with E-state index in [1.165, 1.54) is 13.3 Å². The molecule has 0 aliphatic carbocycles. The number of nitrogens with one attached hydrogen (secondary N) is 1. The van der Waals surface area contributed by atoms with Crippen molar-refractivity contribution >= 4 is 33.2 Å². The van der Waals surface area contributed by atoms with Crippen LogP contribution in [0.1, 0.15) is 0 Å². The van der Waals surface area contributed by atoms with E-state index in [0.29, 0.717) is 21.7 Å². The first-order chi connectivity index (χ1) is 7.15. The summed E-state index contributed by atoms with van der Waals surface area (Å²) in [5.41, 5.74) is 0.596. The third kappa shape index (κ3) is 1.57. The molecular formula is C9H8ClNO3S. The zero-order valence-corrected chi connectivity index (χ0v) is 9.43. The van der Waals surface area contributed by atoms with E-state index in [0.717, 1.165) is 0 Å². The van der Waals surface area contributed by atoms with Crippen LogP contribution in [-0.4, -0.2) is 20.5 Å². The highest BCUT2D eigenvalue weighted by molar-refractivity contribution is 7.72. The van der Waals surface area contributed by atoms with Crippen molar-refractivity contribution < 1.29 is 13.2 Å². The number of aromatic amines is 1. The molecule has 4 nitrogen and oxygen atoms in total. The molecule has 1 N–H and O–H groups in total. The SMILES string of the molecule is COc1c(Cl)ccc2c([SH](=O)=O)c[nH]c12. The number of methoxy groups -OCH3 is 1. The Balaban J connectivity index is 2.86. The predicted molar refractivity (Wildman–Crippen MR) is 58.4 cm³/mol. The van der Waals surface area contributed by atoms with Crippen molar-refractivity contribution in [2.24, 2.45) is 0 Å². The topological polar surface area (TPSA) is 59.2 Å². The number of H-pyrrole nitrogens is 1. The molecule has 2 rings (SSSR count). The fourth-order valence-electron chi connectivity index (χ4n) is 1.48. The Labute approximate surface area is 92.8 Å². The van der Waals surface area contributed by atoms with Gasteiger partial charge in [-0.15, -0.1) is 0 Å². The van der Waals surface area contributed by atoms with Crippen molar-refractivity contribution in [3.63, 3.8) is 0 Å². The molecule has 15 heavy (non-hydrogen) atoms. The molecule has 0 fully saturated rings. The van der Waals surface area contributed by atoms with Crippen LogP contribution in [0.5, 0.6) is 5.75 Å². The number of thiol groups is 1. The summed E-state index contributed by atoms with van der Waals surface area (Å²) in [5, 5.41) is 1.03. The minimum absolute atomic E-state index is 0.245. The molecular weight excluding hydrogens is 238 g/mol. The van der Waals surface area contributed by atoms with Gasteiger partial charge >= 0.3 is 0 Å². The molecule has 1 aromatic carbocycles. The van der Waals surface area contributed by atoms with Gasteiger partial charge in [-0.3, -0.25) is 0 Å². The number of aromatic nitrogens is 1. The van der Waals surface area contributed by atoms with E-state index in [-0.39, 0.29) is 4.90 Å². The van der Waals surface area contributed by atoms with E-state index in [4.69, 9.17) is 16.3 Å². The van der Waals surface area contributed by atoms with Gasteiger partial charge in [0.15, 0.2) is 16.5 Å².